The van der Waals surface area contributed by atoms with Crippen LogP contribution in [0.1, 0.15) is 12.0 Å². The molecule has 1 fully saturated rings. The normalized spacial score (nSPS) is 17.0. The van der Waals surface area contributed by atoms with Crippen LogP contribution in [0.15, 0.2) is 54.2 Å². The van der Waals surface area contributed by atoms with Gasteiger partial charge in [0.15, 0.2) is 0 Å². The van der Waals surface area contributed by atoms with E-state index in [-0.39, 0.29) is 17.5 Å². The van der Waals surface area contributed by atoms with Gasteiger partial charge in [0.2, 0.25) is 0 Å². The molecule has 8 nitrogen and oxygen atoms in total. The summed E-state index contributed by atoms with van der Waals surface area (Å²) in [6, 6.07) is 14.5. The summed E-state index contributed by atoms with van der Waals surface area (Å²) in [4.78, 5) is 30.4. The molecule has 2 aromatic carbocycles. The van der Waals surface area contributed by atoms with Crippen LogP contribution < -0.4 is 14.8 Å². The number of hydrogen-bond acceptors (Lipinski definition) is 7. The number of carbonyl (C=O) groups is 2. The van der Waals surface area contributed by atoms with Crippen molar-refractivity contribution in [3.8, 4) is 11.5 Å². The van der Waals surface area contributed by atoms with Crippen LogP contribution in [0.25, 0.3) is 5.57 Å². The fraction of sp³-hybridized carbons (Fsp3) is 0.360. The van der Waals surface area contributed by atoms with Gasteiger partial charge in [0, 0.05) is 32.2 Å². The first-order valence-electron chi connectivity index (χ1n) is 11.1. The van der Waals surface area contributed by atoms with E-state index >= 15 is 0 Å². The molecule has 0 saturated carbocycles. The van der Waals surface area contributed by atoms with Gasteiger partial charge in [0.05, 0.1) is 38.7 Å². The third kappa shape index (κ3) is 5.02. The Morgan fingerprint density at radius 3 is 2.39 bits per heavy atom. The molecule has 174 valence electrons. The first-order chi connectivity index (χ1) is 16.1. The average Bonchev–Trinajstić information content (AvgIpc) is 3.09. The maximum Gasteiger partial charge on any atom is 0.278 e. The Balaban J connectivity index is 1.58. The molecule has 0 atom stereocenters. The predicted octanol–water partition coefficient (Wildman–Crippen LogP) is 2.62. The Morgan fingerprint density at radius 2 is 1.70 bits per heavy atom. The van der Waals surface area contributed by atoms with Crippen molar-refractivity contribution in [2.75, 3.05) is 58.9 Å². The molecule has 0 aliphatic carbocycles. The van der Waals surface area contributed by atoms with Crippen molar-refractivity contribution in [1.82, 2.24) is 9.80 Å². The summed E-state index contributed by atoms with van der Waals surface area (Å²) >= 11 is 0. The lowest BCUT2D eigenvalue weighted by Gasteiger charge is -2.27. The van der Waals surface area contributed by atoms with E-state index in [4.69, 9.17) is 14.2 Å². The smallest absolute Gasteiger partial charge is 0.278 e. The van der Waals surface area contributed by atoms with E-state index in [0.29, 0.717) is 41.3 Å². The molecule has 0 aromatic heterocycles. The van der Waals surface area contributed by atoms with E-state index in [1.807, 2.05) is 30.3 Å². The topological polar surface area (TPSA) is 80.3 Å². The molecule has 0 bridgehead atoms. The molecule has 2 heterocycles. The molecule has 4 rings (SSSR count). The van der Waals surface area contributed by atoms with Gasteiger partial charge in [-0.15, -0.1) is 0 Å². The highest BCUT2D eigenvalue weighted by atomic mass is 16.5. The molecule has 8 heteroatoms. The summed E-state index contributed by atoms with van der Waals surface area (Å²) < 4.78 is 16.1. The van der Waals surface area contributed by atoms with Crippen molar-refractivity contribution in [3.05, 3.63) is 59.8 Å². The van der Waals surface area contributed by atoms with Crippen molar-refractivity contribution in [1.29, 1.82) is 0 Å². The molecule has 1 saturated heterocycles. The minimum Gasteiger partial charge on any atom is -0.497 e. The van der Waals surface area contributed by atoms with Crippen molar-refractivity contribution >= 4 is 23.1 Å². The molecular weight excluding hydrogens is 422 g/mol. The number of rotatable bonds is 9. The van der Waals surface area contributed by atoms with Crippen LogP contribution in [0.2, 0.25) is 0 Å². The maximum atomic E-state index is 13.4. The van der Waals surface area contributed by atoms with Crippen LogP contribution in [0.4, 0.5) is 5.69 Å². The molecule has 1 N–H and O–H groups in total. The monoisotopic (exact) mass is 451 g/mol. The first kappa shape index (κ1) is 22.8. The van der Waals surface area contributed by atoms with Crippen molar-refractivity contribution in [3.63, 3.8) is 0 Å². The number of benzene rings is 2. The van der Waals surface area contributed by atoms with Gasteiger partial charge in [-0.05, 0) is 24.1 Å². The summed E-state index contributed by atoms with van der Waals surface area (Å²) in [7, 11) is 3.12. The van der Waals surface area contributed by atoms with Crippen LogP contribution >= 0.6 is 0 Å². The number of morpholine rings is 1. The zero-order valence-corrected chi connectivity index (χ0v) is 19.0. The largest absolute Gasteiger partial charge is 0.497 e. The summed E-state index contributed by atoms with van der Waals surface area (Å²) in [6.07, 6.45) is 0.707. The van der Waals surface area contributed by atoms with Gasteiger partial charge in [-0.1, -0.05) is 30.3 Å². The Labute approximate surface area is 193 Å². The van der Waals surface area contributed by atoms with E-state index < -0.39 is 0 Å². The number of nitrogens with one attached hydrogen (secondary N) is 1. The lowest BCUT2D eigenvalue weighted by molar-refractivity contribution is -0.136. The molecule has 0 unspecified atom stereocenters. The van der Waals surface area contributed by atoms with E-state index in [0.717, 1.165) is 32.8 Å². The second-order valence-electron chi connectivity index (χ2n) is 7.88. The number of nitrogens with zero attached hydrogens (tertiary/aromatic N) is 2. The number of ether oxygens (including phenoxy) is 3. The number of carbonyl (C=O) groups excluding carboxylic acids is 2. The van der Waals surface area contributed by atoms with Gasteiger partial charge in [0.25, 0.3) is 11.8 Å². The van der Waals surface area contributed by atoms with Crippen LogP contribution in [-0.2, 0) is 14.3 Å². The Hall–Kier alpha value is -3.36. The van der Waals surface area contributed by atoms with E-state index in [9.17, 15) is 9.59 Å². The summed E-state index contributed by atoms with van der Waals surface area (Å²) in [6.45, 7) is 4.36. The zero-order chi connectivity index (χ0) is 23.2. The molecular formula is C25H29N3O5. The Bertz CT molecular complexity index is 1030. The highest BCUT2D eigenvalue weighted by molar-refractivity contribution is 6.36. The molecule has 33 heavy (non-hydrogen) atoms. The molecule has 2 aliphatic heterocycles. The molecule has 0 radical (unpaired) electrons. The third-order valence-electron chi connectivity index (χ3n) is 5.86. The lowest BCUT2D eigenvalue weighted by Crippen LogP contribution is -2.39. The predicted molar refractivity (Wildman–Crippen MR) is 125 cm³/mol. The number of imide groups is 1. The second-order valence-corrected chi connectivity index (χ2v) is 7.88. The van der Waals surface area contributed by atoms with Gasteiger partial charge >= 0.3 is 0 Å². The van der Waals surface area contributed by atoms with Crippen molar-refractivity contribution < 1.29 is 23.8 Å². The van der Waals surface area contributed by atoms with Gasteiger partial charge in [-0.3, -0.25) is 19.4 Å². The lowest BCUT2D eigenvalue weighted by atomic mass is 10.0. The van der Waals surface area contributed by atoms with E-state index in [2.05, 4.69) is 10.2 Å². The number of amides is 2. The van der Waals surface area contributed by atoms with Crippen LogP contribution in [0, 0.1) is 0 Å². The average molecular weight is 452 g/mol. The maximum absolute atomic E-state index is 13.4. The standard InChI is InChI=1S/C25H29N3O5/c1-31-19-9-10-20(21(17-19)32-2)26-23-22(18-7-4-3-5-8-18)24(29)28(25(23)30)12-6-11-27-13-15-33-16-14-27/h3-5,7-10,17,26H,6,11-16H2,1-2H3. The van der Waals surface area contributed by atoms with Gasteiger partial charge in [-0.2, -0.15) is 0 Å². The molecule has 2 amide bonds. The van der Waals surface area contributed by atoms with Gasteiger partial charge in [0.1, 0.15) is 17.2 Å². The van der Waals surface area contributed by atoms with Gasteiger partial charge < -0.3 is 19.5 Å². The van der Waals surface area contributed by atoms with Crippen LogP contribution in [0.5, 0.6) is 11.5 Å². The van der Waals surface area contributed by atoms with Crippen LogP contribution in [0.3, 0.4) is 0 Å². The summed E-state index contributed by atoms with van der Waals surface area (Å²) in [5.41, 5.74) is 1.89. The number of methoxy groups -OCH3 is 2. The number of anilines is 1. The second kappa shape index (κ2) is 10.5. The van der Waals surface area contributed by atoms with Gasteiger partial charge in [-0.25, -0.2) is 0 Å². The Morgan fingerprint density at radius 1 is 0.939 bits per heavy atom. The quantitative estimate of drug-likeness (QED) is 0.587. The molecule has 2 aliphatic rings. The third-order valence-corrected chi connectivity index (χ3v) is 5.86. The summed E-state index contributed by atoms with van der Waals surface area (Å²) in [5, 5.41) is 3.17. The SMILES string of the molecule is COc1ccc(NC2=C(c3ccccc3)C(=O)N(CCCN3CCOCC3)C2=O)c(OC)c1. The van der Waals surface area contributed by atoms with E-state index in [1.165, 1.54) is 4.90 Å². The highest BCUT2D eigenvalue weighted by Crippen LogP contribution is 2.35. The number of hydrogen-bond donors (Lipinski definition) is 1. The fourth-order valence-electron chi connectivity index (χ4n) is 4.08. The minimum atomic E-state index is -0.335. The van der Waals surface area contributed by atoms with Crippen molar-refractivity contribution in [2.45, 2.75) is 6.42 Å². The first-order valence-corrected chi connectivity index (χ1v) is 11.1. The fourth-order valence-corrected chi connectivity index (χ4v) is 4.08. The molecule has 0 spiro atoms. The Kier molecular flexibility index (Phi) is 7.26. The highest BCUT2D eigenvalue weighted by Gasteiger charge is 2.39. The van der Waals surface area contributed by atoms with Crippen molar-refractivity contribution in [2.24, 2.45) is 0 Å². The van der Waals surface area contributed by atoms with Crippen LogP contribution in [-0.4, -0.2) is 75.2 Å². The summed E-state index contributed by atoms with van der Waals surface area (Å²) in [5.74, 6) is 0.523. The van der Waals surface area contributed by atoms with E-state index in [1.54, 1.807) is 32.4 Å². The zero-order valence-electron chi connectivity index (χ0n) is 19.0. The molecule has 2 aromatic rings. The minimum absolute atomic E-state index is 0.251.